The molecule has 2 amide bonds. The number of hydrogen-bond acceptors (Lipinski definition) is 5. The standard InChI is InChI=1S/C23H21ClN4O3S/c1-14-19(27-13-26-14)12-32-8-7-25-22(29)16-5-6-20-18(11-16)28-23(30)21(31-20)10-15-3-2-4-17(24)9-15/h2-6,9-11,13H,7-8,12H2,1H3,(H,25,29)(H,26,27)(H,28,30). The van der Waals surface area contributed by atoms with Crippen LogP contribution in [-0.4, -0.2) is 34.1 Å². The number of ether oxygens (including phenoxy) is 1. The molecule has 32 heavy (non-hydrogen) atoms. The fourth-order valence-corrected chi connectivity index (χ4v) is 4.16. The maximum absolute atomic E-state index is 12.5. The number of aromatic nitrogens is 2. The first-order valence-electron chi connectivity index (χ1n) is 9.95. The van der Waals surface area contributed by atoms with Crippen LogP contribution in [0.25, 0.3) is 6.08 Å². The maximum Gasteiger partial charge on any atom is 0.291 e. The van der Waals surface area contributed by atoms with E-state index in [4.69, 9.17) is 16.3 Å². The molecule has 0 saturated carbocycles. The van der Waals surface area contributed by atoms with Crippen LogP contribution in [0.4, 0.5) is 5.69 Å². The third kappa shape index (κ3) is 5.33. The lowest BCUT2D eigenvalue weighted by atomic mass is 10.1. The van der Waals surface area contributed by atoms with E-state index in [-0.39, 0.29) is 17.6 Å². The first-order valence-corrected chi connectivity index (χ1v) is 11.5. The number of nitrogens with one attached hydrogen (secondary N) is 3. The van der Waals surface area contributed by atoms with E-state index in [1.54, 1.807) is 60.6 Å². The van der Waals surface area contributed by atoms with Crippen LogP contribution >= 0.6 is 23.4 Å². The molecule has 0 fully saturated rings. The zero-order chi connectivity index (χ0) is 22.5. The summed E-state index contributed by atoms with van der Waals surface area (Å²) >= 11 is 7.69. The molecule has 0 radical (unpaired) electrons. The van der Waals surface area contributed by atoms with Crippen LogP contribution < -0.4 is 15.4 Å². The van der Waals surface area contributed by atoms with Crippen molar-refractivity contribution >= 4 is 46.9 Å². The van der Waals surface area contributed by atoms with Crippen LogP contribution in [0.3, 0.4) is 0 Å². The molecule has 0 aliphatic carbocycles. The molecule has 7 nitrogen and oxygen atoms in total. The van der Waals surface area contributed by atoms with Crippen molar-refractivity contribution in [2.45, 2.75) is 12.7 Å². The van der Waals surface area contributed by atoms with E-state index in [1.807, 2.05) is 13.0 Å². The number of amides is 2. The number of imidazole rings is 1. The summed E-state index contributed by atoms with van der Waals surface area (Å²) in [4.78, 5) is 32.2. The van der Waals surface area contributed by atoms with Crippen LogP contribution in [0.5, 0.6) is 5.75 Å². The summed E-state index contributed by atoms with van der Waals surface area (Å²) in [5.74, 6) is 1.58. The Morgan fingerprint density at radius 3 is 2.94 bits per heavy atom. The normalized spacial score (nSPS) is 13.9. The number of nitrogens with zero attached hydrogens (tertiary/aromatic N) is 1. The fourth-order valence-electron chi connectivity index (χ4n) is 3.09. The number of H-pyrrole nitrogens is 1. The fraction of sp³-hybridized carbons (Fsp3) is 0.174. The molecule has 2 heterocycles. The SMILES string of the molecule is Cc1[nH]cnc1CSCCNC(=O)c1ccc2c(c1)NC(=O)C(=Cc1cccc(Cl)c1)O2. The van der Waals surface area contributed by atoms with Gasteiger partial charge in [-0.25, -0.2) is 4.98 Å². The maximum atomic E-state index is 12.5. The third-order valence-electron chi connectivity index (χ3n) is 4.79. The van der Waals surface area contributed by atoms with Crippen molar-refractivity contribution in [3.05, 3.63) is 82.1 Å². The summed E-state index contributed by atoms with van der Waals surface area (Å²) in [7, 11) is 0. The molecule has 9 heteroatoms. The van der Waals surface area contributed by atoms with E-state index in [1.165, 1.54) is 0 Å². The number of hydrogen-bond donors (Lipinski definition) is 3. The summed E-state index contributed by atoms with van der Waals surface area (Å²) in [6, 6.07) is 12.1. The Balaban J connectivity index is 1.34. The topological polar surface area (TPSA) is 96.1 Å². The van der Waals surface area contributed by atoms with E-state index in [2.05, 4.69) is 20.6 Å². The van der Waals surface area contributed by atoms with Gasteiger partial charge in [0.05, 0.1) is 17.7 Å². The molecule has 3 aromatic rings. The Morgan fingerprint density at radius 2 is 2.16 bits per heavy atom. The Morgan fingerprint density at radius 1 is 1.28 bits per heavy atom. The molecule has 0 unspecified atom stereocenters. The lowest BCUT2D eigenvalue weighted by molar-refractivity contribution is -0.115. The lowest BCUT2D eigenvalue weighted by Crippen LogP contribution is -2.27. The molecular weight excluding hydrogens is 448 g/mol. The average molecular weight is 469 g/mol. The second kappa shape index (κ2) is 9.93. The van der Waals surface area contributed by atoms with Gasteiger partial charge in [-0.3, -0.25) is 9.59 Å². The number of benzene rings is 2. The molecule has 0 saturated heterocycles. The second-order valence-corrected chi connectivity index (χ2v) is 8.66. The number of fused-ring (bicyclic) bond motifs is 1. The van der Waals surface area contributed by atoms with E-state index in [0.717, 1.165) is 28.5 Å². The van der Waals surface area contributed by atoms with Crippen molar-refractivity contribution in [3.8, 4) is 5.75 Å². The van der Waals surface area contributed by atoms with Gasteiger partial charge in [0, 0.05) is 34.3 Å². The van der Waals surface area contributed by atoms with Crippen LogP contribution in [0, 0.1) is 6.92 Å². The second-order valence-electron chi connectivity index (χ2n) is 7.11. The summed E-state index contributed by atoms with van der Waals surface area (Å²) in [6.07, 6.45) is 3.30. The quantitative estimate of drug-likeness (QED) is 0.352. The van der Waals surface area contributed by atoms with Crippen LogP contribution in [-0.2, 0) is 10.5 Å². The van der Waals surface area contributed by atoms with E-state index in [0.29, 0.717) is 28.6 Å². The first-order chi connectivity index (χ1) is 15.5. The largest absolute Gasteiger partial charge is 0.449 e. The van der Waals surface area contributed by atoms with Gasteiger partial charge >= 0.3 is 0 Å². The highest BCUT2D eigenvalue weighted by Gasteiger charge is 2.23. The van der Waals surface area contributed by atoms with Crippen LogP contribution in [0.2, 0.25) is 5.02 Å². The Kier molecular flexibility index (Phi) is 6.82. The predicted octanol–water partition coefficient (Wildman–Crippen LogP) is 4.41. The number of aromatic amines is 1. The number of carbonyl (C=O) groups is 2. The van der Waals surface area contributed by atoms with E-state index in [9.17, 15) is 9.59 Å². The minimum Gasteiger partial charge on any atom is -0.449 e. The Labute approximate surface area is 194 Å². The number of rotatable bonds is 7. The molecule has 164 valence electrons. The van der Waals surface area contributed by atoms with Gasteiger partial charge < -0.3 is 20.4 Å². The van der Waals surface area contributed by atoms with E-state index < -0.39 is 0 Å². The summed E-state index contributed by atoms with van der Waals surface area (Å²) in [5.41, 5.74) is 3.74. The summed E-state index contributed by atoms with van der Waals surface area (Å²) < 4.78 is 5.74. The van der Waals surface area contributed by atoms with Crippen molar-refractivity contribution in [3.63, 3.8) is 0 Å². The third-order valence-corrected chi connectivity index (χ3v) is 5.99. The van der Waals surface area contributed by atoms with Gasteiger partial charge in [0.25, 0.3) is 11.8 Å². The molecule has 1 aliphatic rings. The Hall–Kier alpha value is -3.23. The molecule has 1 aliphatic heterocycles. The smallest absolute Gasteiger partial charge is 0.291 e. The average Bonchev–Trinajstić information content (AvgIpc) is 3.18. The number of aryl methyl sites for hydroxylation is 1. The van der Waals surface area contributed by atoms with Gasteiger partial charge in [0.1, 0.15) is 0 Å². The number of halogens is 1. The highest BCUT2D eigenvalue weighted by Crippen LogP contribution is 2.32. The van der Waals surface area contributed by atoms with Gasteiger partial charge in [-0.1, -0.05) is 23.7 Å². The van der Waals surface area contributed by atoms with Crippen molar-refractivity contribution in [1.29, 1.82) is 0 Å². The van der Waals surface area contributed by atoms with Crippen LogP contribution in [0.15, 0.2) is 54.6 Å². The monoisotopic (exact) mass is 468 g/mol. The van der Waals surface area contributed by atoms with Gasteiger partial charge in [0.2, 0.25) is 0 Å². The molecule has 0 spiro atoms. The van der Waals surface area contributed by atoms with Crippen molar-refractivity contribution in [1.82, 2.24) is 15.3 Å². The van der Waals surface area contributed by atoms with Gasteiger partial charge in [-0.05, 0) is 48.9 Å². The van der Waals surface area contributed by atoms with Crippen molar-refractivity contribution in [2.24, 2.45) is 0 Å². The molecule has 0 bridgehead atoms. The summed E-state index contributed by atoms with van der Waals surface area (Å²) in [6.45, 7) is 2.51. The van der Waals surface area contributed by atoms with E-state index >= 15 is 0 Å². The molecular formula is C23H21ClN4O3S. The Bertz CT molecular complexity index is 1190. The zero-order valence-corrected chi connectivity index (χ0v) is 18.8. The molecule has 3 N–H and O–H groups in total. The molecule has 2 aromatic carbocycles. The minimum atomic E-state index is -0.389. The highest BCUT2D eigenvalue weighted by molar-refractivity contribution is 7.98. The highest BCUT2D eigenvalue weighted by atomic mass is 35.5. The minimum absolute atomic E-state index is 0.154. The molecule has 4 rings (SSSR count). The molecule has 1 aromatic heterocycles. The lowest BCUT2D eigenvalue weighted by Gasteiger charge is -2.20. The number of anilines is 1. The number of thioether (sulfide) groups is 1. The van der Waals surface area contributed by atoms with Crippen molar-refractivity contribution < 1.29 is 14.3 Å². The van der Waals surface area contributed by atoms with Gasteiger partial charge in [-0.2, -0.15) is 11.8 Å². The predicted molar refractivity (Wildman–Crippen MR) is 127 cm³/mol. The van der Waals surface area contributed by atoms with Gasteiger partial charge in [-0.15, -0.1) is 0 Å². The zero-order valence-electron chi connectivity index (χ0n) is 17.3. The van der Waals surface area contributed by atoms with Gasteiger partial charge in [0.15, 0.2) is 11.5 Å². The van der Waals surface area contributed by atoms with Crippen LogP contribution in [0.1, 0.15) is 27.3 Å². The summed E-state index contributed by atoms with van der Waals surface area (Å²) in [5, 5.41) is 6.24. The number of carbonyl (C=O) groups excluding carboxylic acids is 2. The molecule has 0 atom stereocenters. The first kappa shape index (κ1) is 22.0. The van der Waals surface area contributed by atoms with Crippen molar-refractivity contribution in [2.75, 3.05) is 17.6 Å².